The van der Waals surface area contributed by atoms with Crippen molar-refractivity contribution < 1.29 is 4.79 Å². The Hall–Kier alpha value is -0.580. The van der Waals surface area contributed by atoms with E-state index in [0.717, 1.165) is 30.3 Å². The summed E-state index contributed by atoms with van der Waals surface area (Å²) in [5.74, 6) is 0.0134. The number of carbonyl (C=O) groups is 1. The number of benzene rings is 1. The number of likely N-dealkylation sites (tertiary alicyclic amines) is 1. The van der Waals surface area contributed by atoms with Crippen LogP contribution in [0, 0.1) is 0 Å². The van der Waals surface area contributed by atoms with Gasteiger partial charge in [0.25, 0.3) is 5.91 Å². The van der Waals surface area contributed by atoms with Gasteiger partial charge < -0.3 is 10.6 Å². The Morgan fingerprint density at radius 2 is 2.28 bits per heavy atom. The van der Waals surface area contributed by atoms with E-state index in [0.29, 0.717) is 17.1 Å². The SMILES string of the molecule is NCC1CCCCN1C(=O)c1cc(Cl)ccc1Br. The fourth-order valence-electron chi connectivity index (χ4n) is 2.33. The summed E-state index contributed by atoms with van der Waals surface area (Å²) < 4.78 is 0.776. The van der Waals surface area contributed by atoms with Crippen molar-refractivity contribution >= 4 is 33.4 Å². The lowest BCUT2D eigenvalue weighted by atomic mass is 10.0. The minimum absolute atomic E-state index is 0.0134. The molecule has 1 aliphatic rings. The molecule has 98 valence electrons. The summed E-state index contributed by atoms with van der Waals surface area (Å²) >= 11 is 9.36. The average molecular weight is 332 g/mol. The molecule has 1 heterocycles. The zero-order valence-electron chi connectivity index (χ0n) is 10.0. The van der Waals surface area contributed by atoms with Crippen molar-refractivity contribution in [2.24, 2.45) is 5.73 Å². The van der Waals surface area contributed by atoms with Crippen molar-refractivity contribution in [3.05, 3.63) is 33.3 Å². The van der Waals surface area contributed by atoms with Crippen LogP contribution in [0.25, 0.3) is 0 Å². The molecule has 0 radical (unpaired) electrons. The van der Waals surface area contributed by atoms with Crippen molar-refractivity contribution in [2.75, 3.05) is 13.1 Å². The minimum Gasteiger partial charge on any atom is -0.334 e. The molecular weight excluding hydrogens is 316 g/mol. The molecule has 0 aromatic heterocycles. The molecule has 1 aliphatic heterocycles. The van der Waals surface area contributed by atoms with Crippen LogP contribution in [0.5, 0.6) is 0 Å². The van der Waals surface area contributed by atoms with Gasteiger partial charge in [-0.2, -0.15) is 0 Å². The van der Waals surface area contributed by atoms with Gasteiger partial charge in [0.1, 0.15) is 0 Å². The molecule has 1 atom stereocenters. The maximum atomic E-state index is 12.5. The summed E-state index contributed by atoms with van der Waals surface area (Å²) in [4.78, 5) is 14.4. The second-order valence-corrected chi connectivity index (χ2v) is 5.80. The summed E-state index contributed by atoms with van der Waals surface area (Å²) in [6.07, 6.45) is 3.17. The molecule has 3 nitrogen and oxygen atoms in total. The van der Waals surface area contributed by atoms with Crippen LogP contribution in [-0.2, 0) is 0 Å². The van der Waals surface area contributed by atoms with E-state index in [1.807, 2.05) is 4.90 Å². The Kier molecular flexibility index (Phi) is 4.65. The topological polar surface area (TPSA) is 46.3 Å². The van der Waals surface area contributed by atoms with E-state index in [1.165, 1.54) is 0 Å². The second-order valence-electron chi connectivity index (χ2n) is 4.51. The highest BCUT2D eigenvalue weighted by atomic mass is 79.9. The monoisotopic (exact) mass is 330 g/mol. The molecule has 5 heteroatoms. The van der Waals surface area contributed by atoms with Crippen LogP contribution in [0.2, 0.25) is 5.02 Å². The van der Waals surface area contributed by atoms with Crippen LogP contribution in [0.3, 0.4) is 0 Å². The van der Waals surface area contributed by atoms with Gasteiger partial charge in [0, 0.05) is 28.6 Å². The largest absolute Gasteiger partial charge is 0.334 e. The molecule has 1 unspecified atom stereocenters. The molecular formula is C13H16BrClN2O. The smallest absolute Gasteiger partial charge is 0.255 e. The number of piperidine rings is 1. The van der Waals surface area contributed by atoms with Crippen molar-refractivity contribution in [2.45, 2.75) is 25.3 Å². The van der Waals surface area contributed by atoms with Crippen LogP contribution in [0.15, 0.2) is 22.7 Å². The molecule has 0 spiro atoms. The molecule has 2 N–H and O–H groups in total. The Balaban J connectivity index is 2.26. The minimum atomic E-state index is 0.0134. The van der Waals surface area contributed by atoms with Crippen molar-refractivity contribution in [1.29, 1.82) is 0 Å². The van der Waals surface area contributed by atoms with E-state index in [-0.39, 0.29) is 11.9 Å². The second kappa shape index (κ2) is 6.04. The van der Waals surface area contributed by atoms with Crippen molar-refractivity contribution in [3.8, 4) is 0 Å². The fraction of sp³-hybridized carbons (Fsp3) is 0.462. The number of hydrogen-bond donors (Lipinski definition) is 1. The van der Waals surface area contributed by atoms with Gasteiger partial charge in [0.2, 0.25) is 0 Å². The molecule has 1 saturated heterocycles. The van der Waals surface area contributed by atoms with E-state index in [1.54, 1.807) is 18.2 Å². The van der Waals surface area contributed by atoms with Gasteiger partial charge >= 0.3 is 0 Å². The van der Waals surface area contributed by atoms with Crippen molar-refractivity contribution in [3.63, 3.8) is 0 Å². The van der Waals surface area contributed by atoms with Gasteiger partial charge in [-0.15, -0.1) is 0 Å². The van der Waals surface area contributed by atoms with Gasteiger partial charge in [0.15, 0.2) is 0 Å². The third-order valence-corrected chi connectivity index (χ3v) is 4.25. The molecule has 0 aliphatic carbocycles. The number of nitrogens with two attached hydrogens (primary N) is 1. The van der Waals surface area contributed by atoms with E-state index in [4.69, 9.17) is 17.3 Å². The molecule has 1 fully saturated rings. The normalized spacial score (nSPS) is 19.9. The average Bonchev–Trinajstić information content (AvgIpc) is 2.40. The lowest BCUT2D eigenvalue weighted by molar-refractivity contribution is 0.0622. The number of hydrogen-bond acceptors (Lipinski definition) is 2. The lowest BCUT2D eigenvalue weighted by Gasteiger charge is -2.35. The number of carbonyl (C=O) groups excluding carboxylic acids is 1. The standard InChI is InChI=1S/C13H16BrClN2O/c14-12-5-4-9(15)7-11(12)13(18)17-6-2-1-3-10(17)8-16/h4-5,7,10H,1-3,6,8,16H2. The van der Waals surface area contributed by atoms with Gasteiger partial charge in [-0.3, -0.25) is 4.79 Å². The first-order chi connectivity index (χ1) is 8.63. The Labute approximate surface area is 120 Å². The first kappa shape index (κ1) is 13.8. The highest BCUT2D eigenvalue weighted by Gasteiger charge is 2.27. The Morgan fingerprint density at radius 3 is 3.00 bits per heavy atom. The lowest BCUT2D eigenvalue weighted by Crippen LogP contribution is -2.47. The highest BCUT2D eigenvalue weighted by Crippen LogP contribution is 2.25. The summed E-state index contributed by atoms with van der Waals surface area (Å²) in [5.41, 5.74) is 6.36. The Bertz CT molecular complexity index is 453. The molecule has 1 amide bonds. The van der Waals surface area contributed by atoms with Crippen molar-refractivity contribution in [1.82, 2.24) is 4.90 Å². The summed E-state index contributed by atoms with van der Waals surface area (Å²) in [7, 11) is 0. The number of amides is 1. The third-order valence-electron chi connectivity index (χ3n) is 3.32. The van der Waals surface area contributed by atoms with E-state index in [2.05, 4.69) is 15.9 Å². The van der Waals surface area contributed by atoms with Crippen LogP contribution >= 0.6 is 27.5 Å². The fourth-order valence-corrected chi connectivity index (χ4v) is 2.92. The maximum absolute atomic E-state index is 12.5. The van der Waals surface area contributed by atoms with Crippen LogP contribution in [0.1, 0.15) is 29.6 Å². The van der Waals surface area contributed by atoms with E-state index < -0.39 is 0 Å². The van der Waals surface area contributed by atoms with Crippen LogP contribution in [0.4, 0.5) is 0 Å². The van der Waals surface area contributed by atoms with E-state index >= 15 is 0 Å². The summed E-state index contributed by atoms with van der Waals surface area (Å²) in [6.45, 7) is 1.30. The van der Waals surface area contributed by atoms with Crippen LogP contribution in [-0.4, -0.2) is 29.9 Å². The molecule has 1 aromatic carbocycles. The van der Waals surface area contributed by atoms with Gasteiger partial charge in [-0.25, -0.2) is 0 Å². The summed E-state index contributed by atoms with van der Waals surface area (Å²) in [5, 5.41) is 0.572. The third kappa shape index (κ3) is 2.87. The van der Waals surface area contributed by atoms with Gasteiger partial charge in [-0.1, -0.05) is 11.6 Å². The zero-order chi connectivity index (χ0) is 13.1. The predicted octanol–water partition coefficient (Wildman–Crippen LogP) is 3.06. The molecule has 0 bridgehead atoms. The maximum Gasteiger partial charge on any atom is 0.255 e. The van der Waals surface area contributed by atoms with Gasteiger partial charge in [-0.05, 0) is 53.4 Å². The predicted molar refractivity (Wildman–Crippen MR) is 76.9 cm³/mol. The molecule has 18 heavy (non-hydrogen) atoms. The number of nitrogens with zero attached hydrogens (tertiary/aromatic N) is 1. The molecule has 1 aromatic rings. The number of rotatable bonds is 2. The highest BCUT2D eigenvalue weighted by molar-refractivity contribution is 9.10. The Morgan fingerprint density at radius 1 is 1.50 bits per heavy atom. The van der Waals surface area contributed by atoms with Crippen LogP contribution < -0.4 is 5.73 Å². The summed E-state index contributed by atoms with van der Waals surface area (Å²) in [6, 6.07) is 5.42. The van der Waals surface area contributed by atoms with Gasteiger partial charge in [0.05, 0.1) is 5.56 Å². The first-order valence-corrected chi connectivity index (χ1v) is 7.26. The van der Waals surface area contributed by atoms with E-state index in [9.17, 15) is 4.79 Å². The number of halogens is 2. The molecule has 2 rings (SSSR count). The molecule has 0 saturated carbocycles. The first-order valence-electron chi connectivity index (χ1n) is 6.09. The quantitative estimate of drug-likeness (QED) is 0.905. The zero-order valence-corrected chi connectivity index (χ0v) is 12.4.